The number of hydrogen-bond donors (Lipinski definition) is 3. The third kappa shape index (κ3) is 12.8. The highest BCUT2D eigenvalue weighted by atomic mass is 35.5. The number of nitrogens with two attached hydrogens (primary N) is 1. The number of anilines is 3. The molecule has 0 spiro atoms. The van der Waals surface area contributed by atoms with Crippen molar-refractivity contribution in [1.82, 2.24) is 18.6 Å². The Labute approximate surface area is 427 Å². The SMILES string of the molecule is CC(C)(O)c1ccc(N2CCN(S(=O)(=O)c3ccc(Cl)nc3)C[C@@H]2CS(=O)(=O)c2ccccc2)cc1.CC(C)(O)c1ccc(N2CCN(S(=O)(=O)c3ccc(N)nc3)C[C@@H]2CS(=O)(=O)c2ccccc2)cc1. The second kappa shape index (κ2) is 21.5. The Morgan fingerprint density at radius 1 is 0.514 bits per heavy atom. The number of piperazine rings is 2. The Morgan fingerprint density at radius 2 is 0.889 bits per heavy atom. The Bertz CT molecular complexity index is 3030. The van der Waals surface area contributed by atoms with Gasteiger partial charge in [-0.3, -0.25) is 0 Å². The number of aromatic nitrogens is 2. The molecule has 0 bridgehead atoms. The summed E-state index contributed by atoms with van der Waals surface area (Å²) in [6.45, 7) is 7.62. The molecule has 2 aromatic heterocycles. The maximum Gasteiger partial charge on any atom is 0.244 e. The van der Waals surface area contributed by atoms with Gasteiger partial charge in [0.2, 0.25) is 20.0 Å². The molecule has 384 valence electrons. The zero-order chi connectivity index (χ0) is 52.3. The summed E-state index contributed by atoms with van der Waals surface area (Å²) in [6.07, 6.45) is 2.41. The predicted molar refractivity (Wildman–Crippen MR) is 278 cm³/mol. The molecule has 4 heterocycles. The Morgan fingerprint density at radius 3 is 1.22 bits per heavy atom. The number of nitrogens with zero attached hydrogens (tertiary/aromatic N) is 6. The minimum atomic E-state index is -3.91. The van der Waals surface area contributed by atoms with Crippen LogP contribution in [0.25, 0.3) is 0 Å². The van der Waals surface area contributed by atoms with E-state index in [-0.39, 0.29) is 74.8 Å². The average Bonchev–Trinajstić information content (AvgIpc) is 3.34. The van der Waals surface area contributed by atoms with Crippen LogP contribution in [0.5, 0.6) is 0 Å². The van der Waals surface area contributed by atoms with Crippen molar-refractivity contribution in [3.8, 4) is 0 Å². The van der Waals surface area contributed by atoms with E-state index in [1.54, 1.807) is 88.4 Å². The molecule has 2 aliphatic rings. The monoisotopic (exact) mass is 1080 g/mol. The van der Waals surface area contributed by atoms with Crippen molar-refractivity contribution >= 4 is 68.5 Å². The summed E-state index contributed by atoms with van der Waals surface area (Å²) in [7, 11) is -15.2. The van der Waals surface area contributed by atoms with Gasteiger partial charge >= 0.3 is 0 Å². The lowest BCUT2D eigenvalue weighted by molar-refractivity contribution is 0.0780. The highest BCUT2D eigenvalue weighted by molar-refractivity contribution is 7.92. The first-order valence-electron chi connectivity index (χ1n) is 22.8. The standard InChI is InChI=1S/C25H28ClN3O5S2.C25H30N4O5S2/c2*1-25(2,30)19-8-10-20(11-9-19)29-15-14-28(36(33,34)23-12-13-24(26)27-16-23)17-21(29)18-35(31,32)22-6-4-3-5-7-22/h3-13,16,21,30H,14-15,17-18H2,1-2H3;3-13,16,21,30H,14-15,17-18H2,1-2H3,(H2,26,27)/t2*21-/m11/s1. The van der Waals surface area contributed by atoms with Crippen LogP contribution in [-0.2, 0) is 50.9 Å². The Hall–Kier alpha value is -5.49. The fourth-order valence-corrected chi connectivity index (χ4v) is 14.5. The van der Waals surface area contributed by atoms with Gasteiger partial charge in [0.1, 0.15) is 20.8 Å². The van der Waals surface area contributed by atoms with Gasteiger partial charge in [0.25, 0.3) is 0 Å². The van der Waals surface area contributed by atoms with Crippen LogP contribution in [0.3, 0.4) is 0 Å². The molecule has 0 radical (unpaired) electrons. The molecule has 0 aliphatic carbocycles. The van der Waals surface area contributed by atoms with E-state index in [0.717, 1.165) is 22.5 Å². The van der Waals surface area contributed by atoms with Crippen LogP contribution in [0, 0.1) is 0 Å². The Kier molecular flexibility index (Phi) is 16.2. The molecular formula is C50H58ClN7O10S4. The Balaban J connectivity index is 0.000000211. The highest BCUT2D eigenvalue weighted by Crippen LogP contribution is 2.31. The molecule has 2 fully saturated rings. The summed E-state index contributed by atoms with van der Waals surface area (Å²) >= 11 is 5.82. The number of halogens is 1. The van der Waals surface area contributed by atoms with Crippen LogP contribution in [0.2, 0.25) is 5.15 Å². The number of rotatable bonds is 14. The molecular weight excluding hydrogens is 1020 g/mol. The second-order valence-electron chi connectivity index (χ2n) is 18.6. The fourth-order valence-electron chi connectivity index (χ4n) is 8.49. The minimum Gasteiger partial charge on any atom is -0.386 e. The van der Waals surface area contributed by atoms with Gasteiger partial charge in [-0.2, -0.15) is 8.61 Å². The maximum absolute atomic E-state index is 13.3. The molecule has 0 saturated carbocycles. The van der Waals surface area contributed by atoms with Gasteiger partial charge < -0.3 is 25.7 Å². The van der Waals surface area contributed by atoms with E-state index in [1.165, 1.54) is 69.5 Å². The maximum atomic E-state index is 13.3. The van der Waals surface area contributed by atoms with Crippen molar-refractivity contribution in [1.29, 1.82) is 0 Å². The quantitative estimate of drug-likeness (QED) is 0.113. The van der Waals surface area contributed by atoms with E-state index >= 15 is 0 Å². The molecule has 2 atom stereocenters. The number of pyridine rings is 2. The molecule has 17 nitrogen and oxygen atoms in total. The zero-order valence-electron chi connectivity index (χ0n) is 40.1. The first kappa shape index (κ1) is 54.3. The van der Waals surface area contributed by atoms with Gasteiger partial charge in [-0.25, -0.2) is 43.6 Å². The molecule has 72 heavy (non-hydrogen) atoms. The number of nitrogen functional groups attached to an aromatic ring is 1. The molecule has 4 aromatic carbocycles. The first-order chi connectivity index (χ1) is 33.8. The number of sulfonamides is 2. The number of hydrogen-bond acceptors (Lipinski definition) is 15. The molecule has 2 aliphatic heterocycles. The topological polar surface area (TPSA) is 242 Å². The molecule has 6 aromatic rings. The molecule has 8 rings (SSSR count). The first-order valence-corrected chi connectivity index (χ1v) is 29.4. The lowest BCUT2D eigenvalue weighted by Crippen LogP contribution is -2.57. The van der Waals surface area contributed by atoms with E-state index in [2.05, 4.69) is 9.97 Å². The largest absolute Gasteiger partial charge is 0.386 e. The third-order valence-electron chi connectivity index (χ3n) is 12.5. The zero-order valence-corrected chi connectivity index (χ0v) is 44.1. The molecule has 22 heteroatoms. The summed E-state index contributed by atoms with van der Waals surface area (Å²) in [6, 6.07) is 35.0. The van der Waals surface area contributed by atoms with Crippen molar-refractivity contribution < 1.29 is 43.9 Å². The summed E-state index contributed by atoms with van der Waals surface area (Å²) in [5.41, 5.74) is 6.51. The van der Waals surface area contributed by atoms with Crippen molar-refractivity contribution in [2.45, 2.75) is 70.6 Å². The van der Waals surface area contributed by atoms with E-state index in [4.69, 9.17) is 17.3 Å². The van der Waals surface area contributed by atoms with Crippen molar-refractivity contribution in [2.24, 2.45) is 0 Å². The van der Waals surface area contributed by atoms with Crippen molar-refractivity contribution in [3.63, 3.8) is 0 Å². The smallest absolute Gasteiger partial charge is 0.244 e. The minimum absolute atomic E-state index is 0.000420. The molecule has 0 unspecified atom stereocenters. The van der Waals surface area contributed by atoms with Gasteiger partial charge in [-0.15, -0.1) is 0 Å². The van der Waals surface area contributed by atoms with Crippen molar-refractivity contribution in [2.75, 3.05) is 66.3 Å². The number of benzene rings is 4. The van der Waals surface area contributed by atoms with E-state index in [9.17, 15) is 43.9 Å². The number of aliphatic hydroxyl groups is 2. The summed E-state index contributed by atoms with van der Waals surface area (Å²) < 4.78 is 109. The fraction of sp³-hybridized carbons (Fsp3) is 0.320. The van der Waals surface area contributed by atoms with Gasteiger partial charge in [0.05, 0.1) is 44.6 Å². The predicted octanol–water partition coefficient (Wildman–Crippen LogP) is 5.56. The lowest BCUT2D eigenvalue weighted by atomic mass is 9.98. The second-order valence-corrected chi connectivity index (χ2v) is 26.9. The van der Waals surface area contributed by atoms with Crippen LogP contribution in [0.15, 0.2) is 165 Å². The van der Waals surface area contributed by atoms with Crippen LogP contribution in [-0.4, -0.2) is 125 Å². The van der Waals surface area contributed by atoms with Crippen LogP contribution < -0.4 is 15.5 Å². The van der Waals surface area contributed by atoms with E-state index in [1.807, 2.05) is 34.1 Å². The summed E-state index contributed by atoms with van der Waals surface area (Å²) in [5.74, 6) is -0.328. The molecule has 4 N–H and O–H groups in total. The van der Waals surface area contributed by atoms with Gasteiger partial charge in [0, 0.05) is 63.0 Å². The average molecular weight is 1080 g/mol. The molecule has 0 amide bonds. The number of sulfone groups is 2. The van der Waals surface area contributed by atoms with Crippen LogP contribution >= 0.6 is 11.6 Å². The van der Waals surface area contributed by atoms with E-state index < -0.39 is 63.0 Å². The van der Waals surface area contributed by atoms with E-state index in [0.29, 0.717) is 6.54 Å². The van der Waals surface area contributed by atoms with Crippen LogP contribution in [0.4, 0.5) is 17.2 Å². The normalized spacial score (nSPS) is 17.8. The van der Waals surface area contributed by atoms with Gasteiger partial charge in [0.15, 0.2) is 19.7 Å². The highest BCUT2D eigenvalue weighted by Gasteiger charge is 2.39. The van der Waals surface area contributed by atoms with Gasteiger partial charge in [-0.1, -0.05) is 72.3 Å². The summed E-state index contributed by atoms with van der Waals surface area (Å²) in [4.78, 5) is 12.0. The third-order valence-corrected chi connectivity index (χ3v) is 20.0. The summed E-state index contributed by atoms with van der Waals surface area (Å²) in [5, 5.41) is 20.8. The van der Waals surface area contributed by atoms with Crippen molar-refractivity contribution in [3.05, 3.63) is 162 Å². The van der Waals surface area contributed by atoms with Gasteiger partial charge in [-0.05, 0) is 112 Å². The lowest BCUT2D eigenvalue weighted by Gasteiger charge is -2.42. The molecule has 2 saturated heterocycles. The van der Waals surface area contributed by atoms with Crippen LogP contribution in [0.1, 0.15) is 38.8 Å².